The molecule has 0 fully saturated rings. The van der Waals surface area contributed by atoms with Crippen LogP contribution in [0.3, 0.4) is 0 Å². The second-order valence-electron chi connectivity index (χ2n) is 6.49. The molecule has 2 aromatic carbocycles. The van der Waals surface area contributed by atoms with E-state index in [2.05, 4.69) is 15.3 Å². The zero-order valence-electron chi connectivity index (χ0n) is 15.3. The summed E-state index contributed by atoms with van der Waals surface area (Å²) in [6.45, 7) is 0. The molecule has 29 heavy (non-hydrogen) atoms. The largest absolute Gasteiger partial charge is 0.360 e. The van der Waals surface area contributed by atoms with Crippen LogP contribution in [0.5, 0.6) is 0 Å². The molecule has 5 aromatic rings. The summed E-state index contributed by atoms with van der Waals surface area (Å²) in [5.41, 5.74) is 3.93. The van der Waals surface area contributed by atoms with Gasteiger partial charge in [-0.05, 0) is 12.1 Å². The molecule has 0 aliphatic rings. The molecule has 0 bridgehead atoms. The molecule has 5 nitrogen and oxygen atoms in total. The van der Waals surface area contributed by atoms with Gasteiger partial charge in [0.1, 0.15) is 11.4 Å². The van der Waals surface area contributed by atoms with Crippen LogP contribution in [-0.4, -0.2) is 20.2 Å². The van der Waals surface area contributed by atoms with Gasteiger partial charge in [-0.2, -0.15) is 0 Å². The number of imidazole rings is 1. The van der Waals surface area contributed by atoms with Gasteiger partial charge in [0.15, 0.2) is 4.96 Å². The van der Waals surface area contributed by atoms with Crippen molar-refractivity contribution in [3.63, 3.8) is 0 Å². The fourth-order valence-corrected chi connectivity index (χ4v) is 3.97. The number of nitrogens with zero attached hydrogens (tertiary/aromatic N) is 3. The number of fused-ring (bicyclic) bond motifs is 2. The summed E-state index contributed by atoms with van der Waals surface area (Å²) in [5.74, 6) is -0.115. The van der Waals surface area contributed by atoms with Gasteiger partial charge in [-0.1, -0.05) is 48.5 Å². The van der Waals surface area contributed by atoms with Crippen molar-refractivity contribution in [1.82, 2.24) is 14.4 Å². The van der Waals surface area contributed by atoms with Crippen molar-refractivity contribution in [2.24, 2.45) is 0 Å². The maximum absolute atomic E-state index is 13.0. The molecule has 0 unspecified atom stereocenters. The predicted octanol–water partition coefficient (Wildman–Crippen LogP) is 5.42. The Bertz CT molecular complexity index is 1350. The Labute approximate surface area is 171 Å². The fourth-order valence-electron chi connectivity index (χ4n) is 3.26. The summed E-state index contributed by atoms with van der Waals surface area (Å²) >= 11 is 1.51. The lowest BCUT2D eigenvalue weighted by Crippen LogP contribution is -2.02. The number of thiazole rings is 1. The molecular weight excluding hydrogens is 380 g/mol. The van der Waals surface area contributed by atoms with Gasteiger partial charge in [0.2, 0.25) is 5.78 Å². The van der Waals surface area contributed by atoms with Crippen LogP contribution in [-0.2, 0) is 0 Å². The average molecular weight is 396 g/mol. The number of rotatable bonds is 5. The van der Waals surface area contributed by atoms with Crippen LogP contribution in [0.15, 0.2) is 90.7 Å². The Kier molecular flexibility index (Phi) is 4.38. The van der Waals surface area contributed by atoms with E-state index in [9.17, 15) is 4.79 Å². The first-order valence-corrected chi connectivity index (χ1v) is 10.0. The van der Waals surface area contributed by atoms with E-state index in [1.54, 1.807) is 12.4 Å². The SMILES string of the molecule is O=C(/C=C\Nc1cnc2ccccc2c1)c1c(-c2ccccc2)nc2sccn12. The van der Waals surface area contributed by atoms with Crippen LogP contribution >= 0.6 is 11.3 Å². The van der Waals surface area contributed by atoms with E-state index in [4.69, 9.17) is 0 Å². The summed E-state index contributed by atoms with van der Waals surface area (Å²) in [6.07, 6.45) is 6.81. The summed E-state index contributed by atoms with van der Waals surface area (Å²) < 4.78 is 1.84. The molecule has 3 aromatic heterocycles. The fraction of sp³-hybridized carbons (Fsp3) is 0. The molecule has 0 amide bonds. The minimum atomic E-state index is -0.115. The van der Waals surface area contributed by atoms with Crippen LogP contribution in [0.2, 0.25) is 0 Å². The van der Waals surface area contributed by atoms with Crippen LogP contribution < -0.4 is 5.32 Å². The van der Waals surface area contributed by atoms with Gasteiger partial charge in [0, 0.05) is 34.8 Å². The van der Waals surface area contributed by atoms with E-state index in [1.807, 2.05) is 76.6 Å². The van der Waals surface area contributed by atoms with Gasteiger partial charge < -0.3 is 5.32 Å². The highest BCUT2D eigenvalue weighted by Gasteiger charge is 2.19. The third-order valence-corrected chi connectivity index (χ3v) is 5.37. The molecule has 0 atom stereocenters. The van der Waals surface area contributed by atoms with Crippen LogP contribution in [0.4, 0.5) is 5.69 Å². The lowest BCUT2D eigenvalue weighted by atomic mass is 10.1. The number of para-hydroxylation sites is 1. The van der Waals surface area contributed by atoms with Gasteiger partial charge >= 0.3 is 0 Å². The van der Waals surface area contributed by atoms with E-state index in [-0.39, 0.29) is 5.78 Å². The van der Waals surface area contributed by atoms with E-state index >= 15 is 0 Å². The summed E-state index contributed by atoms with van der Waals surface area (Å²) in [6, 6.07) is 19.7. The van der Waals surface area contributed by atoms with Gasteiger partial charge in [0.25, 0.3) is 0 Å². The van der Waals surface area contributed by atoms with Gasteiger partial charge in [-0.15, -0.1) is 11.3 Å². The summed E-state index contributed by atoms with van der Waals surface area (Å²) in [5, 5.41) is 6.11. The van der Waals surface area contributed by atoms with Crippen molar-refractivity contribution < 1.29 is 4.79 Å². The number of hydrogen-bond acceptors (Lipinski definition) is 5. The van der Waals surface area contributed by atoms with Crippen LogP contribution in [0.1, 0.15) is 10.5 Å². The number of aromatic nitrogens is 3. The Morgan fingerprint density at radius 3 is 2.79 bits per heavy atom. The quantitative estimate of drug-likeness (QED) is 0.318. The molecule has 140 valence electrons. The third kappa shape index (κ3) is 3.30. The number of pyridine rings is 1. The standard InChI is InChI=1S/C23H16N4OS/c28-20(10-11-24-18-14-17-8-4-5-9-19(17)25-15-18)22-21(16-6-2-1-3-7-16)26-23-27(22)12-13-29-23/h1-15,24H/b11-10-. The van der Waals surface area contributed by atoms with E-state index in [1.165, 1.54) is 17.4 Å². The first-order chi connectivity index (χ1) is 14.3. The second-order valence-corrected chi connectivity index (χ2v) is 7.36. The zero-order valence-corrected chi connectivity index (χ0v) is 16.1. The molecule has 0 aliphatic carbocycles. The van der Waals surface area contributed by atoms with Crippen molar-refractivity contribution in [2.45, 2.75) is 0 Å². The predicted molar refractivity (Wildman–Crippen MR) is 117 cm³/mol. The summed E-state index contributed by atoms with van der Waals surface area (Å²) in [4.78, 5) is 22.9. The molecule has 3 heterocycles. The van der Waals surface area contributed by atoms with Crippen molar-refractivity contribution in [3.05, 3.63) is 96.4 Å². The molecule has 0 radical (unpaired) electrons. The molecule has 0 saturated carbocycles. The smallest absolute Gasteiger partial charge is 0.206 e. The number of ketones is 1. The van der Waals surface area contributed by atoms with Crippen molar-refractivity contribution in [1.29, 1.82) is 0 Å². The first-order valence-electron chi connectivity index (χ1n) is 9.13. The first kappa shape index (κ1) is 17.3. The molecule has 0 saturated heterocycles. The zero-order chi connectivity index (χ0) is 19.6. The Balaban J connectivity index is 1.44. The molecule has 1 N–H and O–H groups in total. The number of carbonyl (C=O) groups excluding carboxylic acids is 1. The second kappa shape index (κ2) is 7.33. The van der Waals surface area contributed by atoms with Crippen molar-refractivity contribution in [3.8, 4) is 11.3 Å². The molecule has 5 rings (SSSR count). The maximum Gasteiger partial charge on any atom is 0.206 e. The summed E-state index contributed by atoms with van der Waals surface area (Å²) in [7, 11) is 0. The van der Waals surface area contributed by atoms with Crippen LogP contribution in [0, 0.1) is 0 Å². The number of nitrogens with one attached hydrogen (secondary N) is 1. The van der Waals surface area contributed by atoms with E-state index in [0.29, 0.717) is 11.4 Å². The molecular formula is C23H16N4OS. The van der Waals surface area contributed by atoms with Crippen LogP contribution in [0.25, 0.3) is 27.1 Å². The number of hydrogen-bond donors (Lipinski definition) is 1. The highest BCUT2D eigenvalue weighted by Crippen LogP contribution is 2.27. The normalized spacial score (nSPS) is 11.4. The highest BCUT2D eigenvalue weighted by molar-refractivity contribution is 7.15. The topological polar surface area (TPSA) is 59.3 Å². The minimum absolute atomic E-state index is 0.115. The Morgan fingerprint density at radius 2 is 1.90 bits per heavy atom. The lowest BCUT2D eigenvalue weighted by molar-refractivity contribution is 0.104. The number of allylic oxidation sites excluding steroid dienone is 1. The van der Waals surface area contributed by atoms with Gasteiger partial charge in [0.05, 0.1) is 17.4 Å². The van der Waals surface area contributed by atoms with Crippen molar-refractivity contribution >= 4 is 38.7 Å². The number of anilines is 1. The number of carbonyl (C=O) groups is 1. The van der Waals surface area contributed by atoms with Gasteiger partial charge in [-0.25, -0.2) is 4.98 Å². The lowest BCUT2D eigenvalue weighted by Gasteiger charge is -2.03. The monoisotopic (exact) mass is 396 g/mol. The minimum Gasteiger partial charge on any atom is -0.360 e. The van der Waals surface area contributed by atoms with E-state index in [0.717, 1.165) is 27.1 Å². The Hall–Kier alpha value is -3.77. The third-order valence-electron chi connectivity index (χ3n) is 4.62. The highest BCUT2D eigenvalue weighted by atomic mass is 32.1. The molecule has 0 spiro atoms. The van der Waals surface area contributed by atoms with E-state index < -0.39 is 0 Å². The number of benzene rings is 2. The average Bonchev–Trinajstić information content (AvgIpc) is 3.35. The molecule has 6 heteroatoms. The Morgan fingerprint density at radius 1 is 1.07 bits per heavy atom. The maximum atomic E-state index is 13.0. The van der Waals surface area contributed by atoms with Crippen molar-refractivity contribution in [2.75, 3.05) is 5.32 Å². The molecule has 0 aliphatic heterocycles. The van der Waals surface area contributed by atoms with Gasteiger partial charge in [-0.3, -0.25) is 14.2 Å².